The quantitative estimate of drug-likeness (QED) is 0.468. The lowest BCUT2D eigenvalue weighted by atomic mass is 10.3. The second-order valence-electron chi connectivity index (χ2n) is 4.20. The van der Waals surface area contributed by atoms with Crippen LogP contribution in [0.3, 0.4) is 0 Å². The van der Waals surface area contributed by atoms with Crippen LogP contribution in [0.2, 0.25) is 0 Å². The van der Waals surface area contributed by atoms with Crippen molar-refractivity contribution in [3.8, 4) is 0 Å². The summed E-state index contributed by atoms with van der Waals surface area (Å²) in [6, 6.07) is -0.00264. The molecular weight excluding hydrogens is 234 g/mol. The molecule has 6 heteroatoms. The third-order valence-corrected chi connectivity index (χ3v) is 2.21. The van der Waals surface area contributed by atoms with Gasteiger partial charge in [0.05, 0.1) is 13.2 Å². The largest absolute Gasteiger partial charge is 0.383 e. The monoisotopic (exact) mass is 259 g/mol. The molecule has 2 amide bonds. The molecule has 18 heavy (non-hydrogen) atoms. The highest BCUT2D eigenvalue weighted by Gasteiger charge is 2.06. The summed E-state index contributed by atoms with van der Waals surface area (Å²) in [5, 5.41) is 8.48. The lowest BCUT2D eigenvalue weighted by Crippen LogP contribution is -2.41. The zero-order chi connectivity index (χ0) is 13.8. The van der Waals surface area contributed by atoms with Crippen molar-refractivity contribution in [3.63, 3.8) is 0 Å². The maximum absolute atomic E-state index is 11.4. The summed E-state index contributed by atoms with van der Waals surface area (Å²) in [4.78, 5) is 22.7. The molecule has 0 fully saturated rings. The first-order valence-electron chi connectivity index (χ1n) is 6.35. The summed E-state index contributed by atoms with van der Waals surface area (Å²) in [6.07, 6.45) is 1.32. The Morgan fingerprint density at radius 3 is 2.56 bits per heavy atom. The summed E-state index contributed by atoms with van der Waals surface area (Å²) < 4.78 is 4.91. The van der Waals surface area contributed by atoms with Gasteiger partial charge in [-0.25, -0.2) is 0 Å². The SMILES string of the molecule is CCCNC(=O)CCNCC(=O)NC(C)COC. The number of carbonyl (C=O) groups is 2. The molecule has 106 valence electrons. The molecule has 6 nitrogen and oxygen atoms in total. The smallest absolute Gasteiger partial charge is 0.234 e. The van der Waals surface area contributed by atoms with Crippen molar-refractivity contribution in [2.24, 2.45) is 0 Å². The van der Waals surface area contributed by atoms with Crippen molar-refractivity contribution < 1.29 is 14.3 Å². The number of hydrogen-bond acceptors (Lipinski definition) is 4. The predicted octanol–water partition coefficient (Wildman–Crippen LogP) is -0.357. The Hall–Kier alpha value is -1.14. The van der Waals surface area contributed by atoms with Gasteiger partial charge in [-0.2, -0.15) is 0 Å². The number of carbonyl (C=O) groups excluding carboxylic acids is 2. The molecular formula is C12H25N3O3. The van der Waals surface area contributed by atoms with E-state index in [2.05, 4.69) is 16.0 Å². The molecule has 0 saturated heterocycles. The summed E-state index contributed by atoms with van der Waals surface area (Å²) in [7, 11) is 1.59. The van der Waals surface area contributed by atoms with Gasteiger partial charge in [-0.15, -0.1) is 0 Å². The average molecular weight is 259 g/mol. The summed E-state index contributed by atoms with van der Waals surface area (Å²) in [5.41, 5.74) is 0. The van der Waals surface area contributed by atoms with Gasteiger partial charge < -0.3 is 20.7 Å². The minimum atomic E-state index is -0.0893. The average Bonchev–Trinajstić information content (AvgIpc) is 2.32. The fourth-order valence-corrected chi connectivity index (χ4v) is 1.37. The summed E-state index contributed by atoms with van der Waals surface area (Å²) in [5.74, 6) is -0.0778. The van der Waals surface area contributed by atoms with Crippen LogP contribution in [0, 0.1) is 0 Å². The highest BCUT2D eigenvalue weighted by atomic mass is 16.5. The fraction of sp³-hybridized carbons (Fsp3) is 0.833. The van der Waals surface area contributed by atoms with Crippen LogP contribution in [0.15, 0.2) is 0 Å². The van der Waals surface area contributed by atoms with E-state index in [-0.39, 0.29) is 24.4 Å². The minimum absolute atomic E-state index is 0.00264. The number of rotatable bonds is 10. The van der Waals surface area contributed by atoms with Crippen LogP contribution in [0.1, 0.15) is 26.7 Å². The van der Waals surface area contributed by atoms with E-state index in [1.165, 1.54) is 0 Å². The summed E-state index contributed by atoms with van der Waals surface area (Å²) >= 11 is 0. The first-order valence-corrected chi connectivity index (χ1v) is 6.35. The molecule has 0 aliphatic carbocycles. The van der Waals surface area contributed by atoms with Crippen LogP contribution in [-0.4, -0.2) is 51.2 Å². The number of methoxy groups -OCH3 is 1. The van der Waals surface area contributed by atoms with E-state index < -0.39 is 0 Å². The van der Waals surface area contributed by atoms with Crippen LogP contribution in [0.25, 0.3) is 0 Å². The molecule has 0 radical (unpaired) electrons. The molecule has 0 aromatic carbocycles. The molecule has 3 N–H and O–H groups in total. The van der Waals surface area contributed by atoms with Gasteiger partial charge in [-0.05, 0) is 13.3 Å². The van der Waals surface area contributed by atoms with E-state index >= 15 is 0 Å². The van der Waals surface area contributed by atoms with Crippen molar-refractivity contribution in [2.75, 3.05) is 33.4 Å². The Bertz CT molecular complexity index is 247. The van der Waals surface area contributed by atoms with Gasteiger partial charge in [0.1, 0.15) is 0 Å². The lowest BCUT2D eigenvalue weighted by molar-refractivity contribution is -0.122. The van der Waals surface area contributed by atoms with Crippen molar-refractivity contribution in [1.29, 1.82) is 0 Å². The van der Waals surface area contributed by atoms with Crippen LogP contribution >= 0.6 is 0 Å². The summed E-state index contributed by atoms with van der Waals surface area (Å²) in [6.45, 7) is 5.79. The van der Waals surface area contributed by atoms with E-state index in [0.717, 1.165) is 6.42 Å². The molecule has 0 saturated carbocycles. The van der Waals surface area contributed by atoms with Gasteiger partial charge in [0.25, 0.3) is 0 Å². The molecule has 0 spiro atoms. The minimum Gasteiger partial charge on any atom is -0.383 e. The van der Waals surface area contributed by atoms with Crippen molar-refractivity contribution in [2.45, 2.75) is 32.7 Å². The van der Waals surface area contributed by atoms with Gasteiger partial charge >= 0.3 is 0 Å². The normalized spacial score (nSPS) is 11.9. The highest BCUT2D eigenvalue weighted by Crippen LogP contribution is 1.82. The standard InChI is InChI=1S/C12H25N3O3/c1-4-6-14-11(16)5-7-13-8-12(17)15-10(2)9-18-3/h10,13H,4-9H2,1-3H3,(H,14,16)(H,15,17). The third kappa shape index (κ3) is 10.0. The topological polar surface area (TPSA) is 79.5 Å². The predicted molar refractivity (Wildman–Crippen MR) is 70.3 cm³/mol. The van der Waals surface area contributed by atoms with Gasteiger partial charge in [0.15, 0.2) is 0 Å². The van der Waals surface area contributed by atoms with E-state index in [9.17, 15) is 9.59 Å². The van der Waals surface area contributed by atoms with Gasteiger partial charge in [-0.1, -0.05) is 6.92 Å². The van der Waals surface area contributed by atoms with Gasteiger partial charge in [-0.3, -0.25) is 9.59 Å². The number of hydrogen-bond donors (Lipinski definition) is 3. The Balaban J connectivity index is 3.48. The van der Waals surface area contributed by atoms with Crippen molar-refractivity contribution in [3.05, 3.63) is 0 Å². The Morgan fingerprint density at radius 1 is 1.22 bits per heavy atom. The molecule has 0 aliphatic heterocycles. The molecule has 1 unspecified atom stereocenters. The van der Waals surface area contributed by atoms with E-state index in [1.807, 2.05) is 13.8 Å². The molecule has 1 atom stereocenters. The maximum atomic E-state index is 11.4. The Labute approximate surface area is 109 Å². The third-order valence-electron chi connectivity index (χ3n) is 2.21. The number of nitrogens with one attached hydrogen (secondary N) is 3. The second-order valence-corrected chi connectivity index (χ2v) is 4.20. The zero-order valence-electron chi connectivity index (χ0n) is 11.5. The van der Waals surface area contributed by atoms with Gasteiger partial charge in [0.2, 0.25) is 11.8 Å². The van der Waals surface area contributed by atoms with Crippen LogP contribution in [0.5, 0.6) is 0 Å². The molecule has 0 aromatic rings. The van der Waals surface area contributed by atoms with E-state index in [0.29, 0.717) is 26.1 Å². The van der Waals surface area contributed by atoms with Crippen molar-refractivity contribution in [1.82, 2.24) is 16.0 Å². The molecule has 0 rings (SSSR count). The zero-order valence-corrected chi connectivity index (χ0v) is 11.5. The van der Waals surface area contributed by atoms with Crippen LogP contribution in [-0.2, 0) is 14.3 Å². The second kappa shape index (κ2) is 11.0. The van der Waals surface area contributed by atoms with Crippen LogP contribution in [0.4, 0.5) is 0 Å². The lowest BCUT2D eigenvalue weighted by Gasteiger charge is -2.13. The molecule has 0 heterocycles. The Morgan fingerprint density at radius 2 is 1.94 bits per heavy atom. The van der Waals surface area contributed by atoms with Gasteiger partial charge in [0, 0.05) is 32.7 Å². The molecule has 0 aliphatic rings. The van der Waals surface area contributed by atoms with Crippen LogP contribution < -0.4 is 16.0 Å². The maximum Gasteiger partial charge on any atom is 0.234 e. The van der Waals surface area contributed by atoms with Crippen molar-refractivity contribution >= 4 is 11.8 Å². The Kier molecular flexibility index (Phi) is 10.3. The first-order chi connectivity index (χ1) is 8.60. The fourth-order valence-electron chi connectivity index (χ4n) is 1.37. The van der Waals surface area contributed by atoms with E-state index in [4.69, 9.17) is 4.74 Å². The highest BCUT2D eigenvalue weighted by molar-refractivity contribution is 5.78. The first kappa shape index (κ1) is 16.9. The molecule has 0 bridgehead atoms. The number of ether oxygens (including phenoxy) is 1. The number of amides is 2. The van der Waals surface area contributed by atoms with E-state index in [1.54, 1.807) is 7.11 Å². The molecule has 0 aromatic heterocycles.